The van der Waals surface area contributed by atoms with Crippen molar-refractivity contribution in [3.63, 3.8) is 0 Å². The summed E-state index contributed by atoms with van der Waals surface area (Å²) in [4.78, 5) is 5.68. The Morgan fingerprint density at radius 2 is 0.667 bits per heavy atom. The highest BCUT2D eigenvalue weighted by atomic mass is 32.2. The van der Waals surface area contributed by atoms with Crippen molar-refractivity contribution in [1.82, 2.24) is 9.80 Å². The third-order valence-corrected chi connectivity index (χ3v) is 14.7. The molecular weight excluding hydrogens is 481 g/mol. The highest BCUT2D eigenvalue weighted by molar-refractivity contribution is 8.18. The van der Waals surface area contributed by atoms with E-state index in [1.807, 2.05) is 0 Å². The minimum atomic E-state index is 0.749. The fourth-order valence-corrected chi connectivity index (χ4v) is 12.0. The summed E-state index contributed by atoms with van der Waals surface area (Å²) in [5.74, 6) is 0. The lowest BCUT2D eigenvalue weighted by Crippen LogP contribution is -2.44. The quantitative estimate of drug-likeness (QED) is 0.180. The van der Waals surface area contributed by atoms with Gasteiger partial charge in [-0.25, -0.2) is 0 Å². The normalized spacial score (nSPS) is 31.8. The van der Waals surface area contributed by atoms with Crippen LogP contribution in [0.15, 0.2) is 0 Å². The molecule has 6 heteroatoms. The highest BCUT2D eigenvalue weighted by Gasteiger charge is 2.34. The minimum absolute atomic E-state index is 0.749. The number of rotatable bonds is 16. The van der Waals surface area contributed by atoms with Gasteiger partial charge in [-0.2, -0.15) is 0 Å². The van der Waals surface area contributed by atoms with E-state index in [0.717, 1.165) is 30.7 Å². The standard InChI is InChI=1S/C27H54N2S4/c1-7-22-28(23(8-2)31-26(11-5)30-22)20-18-16-14-13-15-17-19-21-29-24(9-3)32-27(12-6)33-25(29)10-4/h22-27H,7-21H2,1-6H3/t22-,23+,24-,25+,26?,27?. The highest BCUT2D eigenvalue weighted by Crippen LogP contribution is 2.45. The van der Waals surface area contributed by atoms with Crippen molar-refractivity contribution < 1.29 is 0 Å². The molecule has 2 fully saturated rings. The van der Waals surface area contributed by atoms with Gasteiger partial charge in [0.2, 0.25) is 0 Å². The first kappa shape index (κ1) is 30.5. The number of nitrogens with zero attached hydrogens (tertiary/aromatic N) is 2. The Bertz CT molecular complexity index is 425. The Labute approximate surface area is 224 Å². The van der Waals surface area contributed by atoms with Gasteiger partial charge < -0.3 is 0 Å². The van der Waals surface area contributed by atoms with Crippen LogP contribution in [0, 0.1) is 0 Å². The van der Waals surface area contributed by atoms with Crippen LogP contribution in [0.4, 0.5) is 0 Å². The Kier molecular flexibility index (Phi) is 16.4. The van der Waals surface area contributed by atoms with Crippen LogP contribution in [-0.4, -0.2) is 53.5 Å². The molecule has 0 aromatic rings. The minimum Gasteiger partial charge on any atom is -0.279 e. The molecule has 0 radical (unpaired) electrons. The van der Waals surface area contributed by atoms with Gasteiger partial charge in [0.15, 0.2) is 0 Å². The average molecular weight is 535 g/mol. The molecule has 2 aliphatic rings. The lowest BCUT2D eigenvalue weighted by Gasteiger charge is -2.44. The molecule has 0 aromatic heterocycles. The molecule has 0 amide bonds. The van der Waals surface area contributed by atoms with E-state index >= 15 is 0 Å². The first-order chi connectivity index (χ1) is 16.1. The van der Waals surface area contributed by atoms with E-state index in [2.05, 4.69) is 98.4 Å². The van der Waals surface area contributed by atoms with Crippen LogP contribution in [0.3, 0.4) is 0 Å². The van der Waals surface area contributed by atoms with Gasteiger partial charge in [-0.3, -0.25) is 9.80 Å². The second-order valence-corrected chi connectivity index (χ2v) is 15.8. The Morgan fingerprint density at radius 1 is 0.394 bits per heavy atom. The van der Waals surface area contributed by atoms with Gasteiger partial charge in [-0.15, -0.1) is 47.0 Å². The van der Waals surface area contributed by atoms with E-state index in [0.29, 0.717) is 0 Å². The molecule has 2 unspecified atom stereocenters. The van der Waals surface area contributed by atoms with Crippen molar-refractivity contribution in [3.8, 4) is 0 Å². The zero-order valence-corrected chi connectivity index (χ0v) is 25.9. The second kappa shape index (κ2) is 17.7. The summed E-state index contributed by atoms with van der Waals surface area (Å²) in [5.41, 5.74) is 0. The van der Waals surface area contributed by atoms with Crippen LogP contribution < -0.4 is 0 Å². The largest absolute Gasteiger partial charge is 0.279 e. The lowest BCUT2D eigenvalue weighted by molar-refractivity contribution is 0.219. The van der Waals surface area contributed by atoms with Crippen molar-refractivity contribution >= 4 is 47.0 Å². The van der Waals surface area contributed by atoms with Gasteiger partial charge in [0.1, 0.15) is 0 Å². The topological polar surface area (TPSA) is 6.48 Å². The molecule has 0 N–H and O–H groups in total. The molecular formula is C27H54N2S4. The molecule has 0 aromatic carbocycles. The maximum absolute atomic E-state index is 2.84. The lowest BCUT2D eigenvalue weighted by atomic mass is 10.1. The van der Waals surface area contributed by atoms with E-state index in [4.69, 9.17) is 0 Å². The van der Waals surface area contributed by atoms with E-state index in [9.17, 15) is 0 Å². The number of hydrogen-bond acceptors (Lipinski definition) is 6. The number of unbranched alkanes of at least 4 members (excludes halogenated alkanes) is 6. The number of thioether (sulfide) groups is 4. The average Bonchev–Trinajstić information content (AvgIpc) is 2.86. The molecule has 2 saturated heterocycles. The van der Waals surface area contributed by atoms with Crippen molar-refractivity contribution in [2.24, 2.45) is 0 Å². The van der Waals surface area contributed by atoms with Crippen LogP contribution in [0.1, 0.15) is 125 Å². The summed E-state index contributed by atoms with van der Waals surface area (Å²) in [6.45, 7) is 16.9. The Balaban J connectivity index is 1.58. The molecule has 2 rings (SSSR count). The molecule has 2 heterocycles. The smallest absolute Gasteiger partial charge is 0.0575 e. The summed E-state index contributed by atoms with van der Waals surface area (Å²) in [6, 6.07) is 0. The Hall–Kier alpha value is 1.32. The molecule has 2 aliphatic heterocycles. The van der Waals surface area contributed by atoms with Gasteiger partial charge in [-0.1, -0.05) is 73.6 Å². The number of hydrogen-bond donors (Lipinski definition) is 0. The van der Waals surface area contributed by atoms with E-state index in [-0.39, 0.29) is 0 Å². The SMILES string of the molecule is CCC1S[C@@H](CC)N(CCCCCCCCCN2[C@H](CC)SC(CC)S[C@@H]2CC)[C@@H](CC)S1. The summed E-state index contributed by atoms with van der Waals surface area (Å²) in [6.07, 6.45) is 17.7. The fraction of sp³-hybridized carbons (Fsp3) is 1.00. The van der Waals surface area contributed by atoms with E-state index in [1.54, 1.807) is 0 Å². The van der Waals surface area contributed by atoms with Crippen LogP contribution >= 0.6 is 47.0 Å². The van der Waals surface area contributed by atoms with Gasteiger partial charge in [0.05, 0.1) is 30.7 Å². The van der Waals surface area contributed by atoms with E-state index < -0.39 is 0 Å². The fourth-order valence-electron chi connectivity index (χ4n) is 5.20. The molecule has 0 aliphatic carbocycles. The molecule has 33 heavy (non-hydrogen) atoms. The van der Waals surface area contributed by atoms with Crippen LogP contribution in [0.5, 0.6) is 0 Å². The first-order valence-corrected chi connectivity index (χ1v) is 18.0. The predicted octanol–water partition coefficient (Wildman–Crippen LogP) is 9.70. The maximum atomic E-state index is 2.84. The molecule has 0 spiro atoms. The maximum Gasteiger partial charge on any atom is 0.0575 e. The monoisotopic (exact) mass is 534 g/mol. The van der Waals surface area contributed by atoms with Crippen LogP contribution in [-0.2, 0) is 0 Å². The summed E-state index contributed by atoms with van der Waals surface area (Å²) in [7, 11) is 0. The summed E-state index contributed by atoms with van der Waals surface area (Å²) >= 11 is 8.94. The van der Waals surface area contributed by atoms with Crippen LogP contribution in [0.2, 0.25) is 0 Å². The zero-order valence-electron chi connectivity index (χ0n) is 22.6. The zero-order chi connectivity index (χ0) is 24.1. The van der Waals surface area contributed by atoms with Gasteiger partial charge >= 0.3 is 0 Å². The van der Waals surface area contributed by atoms with E-state index in [1.165, 1.54) is 96.6 Å². The van der Waals surface area contributed by atoms with Gasteiger partial charge in [-0.05, 0) is 51.4 Å². The summed E-state index contributed by atoms with van der Waals surface area (Å²) < 4.78 is 1.62. The third-order valence-electron chi connectivity index (χ3n) is 7.11. The summed E-state index contributed by atoms with van der Waals surface area (Å²) in [5, 5.41) is 3.00. The van der Waals surface area contributed by atoms with Crippen LogP contribution in [0.25, 0.3) is 0 Å². The molecule has 2 nitrogen and oxygen atoms in total. The van der Waals surface area contributed by atoms with Crippen molar-refractivity contribution in [2.75, 3.05) is 13.1 Å². The third kappa shape index (κ3) is 9.95. The molecule has 0 bridgehead atoms. The molecule has 0 saturated carbocycles. The molecule has 6 atom stereocenters. The first-order valence-electron chi connectivity index (χ1n) is 14.2. The van der Waals surface area contributed by atoms with Gasteiger partial charge in [0, 0.05) is 13.1 Å². The van der Waals surface area contributed by atoms with Crippen molar-refractivity contribution in [2.45, 2.75) is 156 Å². The Morgan fingerprint density at radius 3 is 0.909 bits per heavy atom. The predicted molar refractivity (Wildman–Crippen MR) is 161 cm³/mol. The molecule has 196 valence electrons. The van der Waals surface area contributed by atoms with Crippen molar-refractivity contribution in [3.05, 3.63) is 0 Å². The van der Waals surface area contributed by atoms with Gasteiger partial charge in [0.25, 0.3) is 0 Å². The second-order valence-electron chi connectivity index (χ2n) is 9.62. The van der Waals surface area contributed by atoms with Crippen molar-refractivity contribution in [1.29, 1.82) is 0 Å².